The van der Waals surface area contributed by atoms with Crippen molar-refractivity contribution in [2.24, 2.45) is 11.3 Å². The van der Waals surface area contributed by atoms with Gasteiger partial charge < -0.3 is 10.4 Å². The SMILES string of the molecule is CC(C(=O)Nc1ccccc1[N+](=O)[O-])N1C[C@@H]2CCC[C@@]2(C(=O)O)C1.Cl. The maximum Gasteiger partial charge on any atom is 0.311 e. The molecule has 2 N–H and O–H groups in total. The standard InChI is InChI=1S/C17H21N3O5.ClH/c1-11(15(21)18-13-6-2-3-7-14(13)20(24)25)19-9-12-5-4-8-17(12,10-19)16(22)23;/h2-3,6-7,11-12H,4-5,8-10H2,1H3,(H,18,21)(H,22,23);1H/t11?,12-,17+;/m0./s1. The molecule has 0 spiro atoms. The number of likely N-dealkylation sites (tertiary alicyclic amines) is 1. The van der Waals surface area contributed by atoms with E-state index >= 15 is 0 Å². The summed E-state index contributed by atoms with van der Waals surface area (Å²) in [4.78, 5) is 36.7. The van der Waals surface area contributed by atoms with Crippen LogP contribution in [0.15, 0.2) is 24.3 Å². The lowest BCUT2D eigenvalue weighted by Gasteiger charge is -2.26. The summed E-state index contributed by atoms with van der Waals surface area (Å²) in [5, 5.41) is 23.3. The average Bonchev–Trinajstić information content (AvgIpc) is 3.12. The van der Waals surface area contributed by atoms with Gasteiger partial charge in [0.15, 0.2) is 0 Å². The Bertz CT molecular complexity index is 728. The number of fused-ring (bicyclic) bond motifs is 1. The molecule has 0 bridgehead atoms. The van der Waals surface area contributed by atoms with E-state index < -0.39 is 22.3 Å². The molecule has 1 aliphatic heterocycles. The molecule has 1 aromatic carbocycles. The topological polar surface area (TPSA) is 113 Å². The number of nitro benzene ring substituents is 1. The number of amides is 1. The Labute approximate surface area is 157 Å². The smallest absolute Gasteiger partial charge is 0.311 e. The van der Waals surface area contributed by atoms with Crippen molar-refractivity contribution in [2.75, 3.05) is 18.4 Å². The fourth-order valence-corrected chi connectivity index (χ4v) is 4.11. The van der Waals surface area contributed by atoms with E-state index in [1.807, 2.05) is 4.90 Å². The van der Waals surface area contributed by atoms with Crippen LogP contribution in [0, 0.1) is 21.4 Å². The van der Waals surface area contributed by atoms with Crippen molar-refractivity contribution in [3.8, 4) is 0 Å². The van der Waals surface area contributed by atoms with Gasteiger partial charge >= 0.3 is 5.97 Å². The lowest BCUT2D eigenvalue weighted by molar-refractivity contribution is -0.383. The van der Waals surface area contributed by atoms with E-state index in [9.17, 15) is 24.8 Å². The van der Waals surface area contributed by atoms with E-state index in [4.69, 9.17) is 0 Å². The molecule has 1 heterocycles. The molecule has 3 rings (SSSR count). The summed E-state index contributed by atoms with van der Waals surface area (Å²) in [6.45, 7) is 2.62. The van der Waals surface area contributed by atoms with Crippen LogP contribution in [0.3, 0.4) is 0 Å². The predicted octanol–water partition coefficient (Wildman–Crippen LogP) is 2.53. The molecule has 26 heavy (non-hydrogen) atoms. The number of carboxylic acid groups (broad SMARTS) is 1. The molecule has 0 radical (unpaired) electrons. The van der Waals surface area contributed by atoms with E-state index in [1.54, 1.807) is 13.0 Å². The van der Waals surface area contributed by atoms with Gasteiger partial charge in [0.2, 0.25) is 5.91 Å². The first kappa shape index (κ1) is 20.1. The molecule has 1 saturated heterocycles. The third-order valence-electron chi connectivity index (χ3n) is 5.61. The molecule has 8 nitrogen and oxygen atoms in total. The van der Waals surface area contributed by atoms with E-state index in [-0.39, 0.29) is 35.6 Å². The second kappa shape index (κ2) is 7.59. The van der Waals surface area contributed by atoms with Crippen LogP contribution in [0.4, 0.5) is 11.4 Å². The Morgan fingerprint density at radius 3 is 2.73 bits per heavy atom. The van der Waals surface area contributed by atoms with Crippen molar-refractivity contribution in [3.63, 3.8) is 0 Å². The van der Waals surface area contributed by atoms with Gasteiger partial charge in [0, 0.05) is 19.2 Å². The Hall–Kier alpha value is -2.19. The van der Waals surface area contributed by atoms with E-state index in [0.29, 0.717) is 19.5 Å². The number of benzene rings is 1. The number of halogens is 1. The molecule has 1 saturated carbocycles. The third kappa shape index (κ3) is 3.39. The molecular weight excluding hydrogens is 362 g/mol. The summed E-state index contributed by atoms with van der Waals surface area (Å²) in [7, 11) is 0. The molecule has 1 aromatic rings. The largest absolute Gasteiger partial charge is 0.481 e. The number of carboxylic acids is 1. The maximum absolute atomic E-state index is 12.5. The monoisotopic (exact) mass is 383 g/mol. The third-order valence-corrected chi connectivity index (χ3v) is 5.61. The van der Waals surface area contributed by atoms with Crippen molar-refractivity contribution < 1.29 is 19.6 Å². The number of nitro groups is 1. The van der Waals surface area contributed by atoms with Crippen LogP contribution in [0.25, 0.3) is 0 Å². The fraction of sp³-hybridized carbons (Fsp3) is 0.529. The zero-order valence-corrected chi connectivity index (χ0v) is 15.2. The van der Waals surface area contributed by atoms with E-state index in [0.717, 1.165) is 12.8 Å². The first-order chi connectivity index (χ1) is 11.8. The zero-order chi connectivity index (χ0) is 18.2. The number of para-hydroxylation sites is 2. The van der Waals surface area contributed by atoms with E-state index in [1.165, 1.54) is 18.2 Å². The van der Waals surface area contributed by atoms with Crippen molar-refractivity contribution in [1.82, 2.24) is 4.90 Å². The number of anilines is 1. The summed E-state index contributed by atoms with van der Waals surface area (Å²) >= 11 is 0. The van der Waals surface area contributed by atoms with Crippen LogP contribution in [-0.4, -0.2) is 45.9 Å². The van der Waals surface area contributed by atoms with Crippen molar-refractivity contribution >= 4 is 35.7 Å². The van der Waals surface area contributed by atoms with Gasteiger partial charge in [0.05, 0.1) is 16.4 Å². The van der Waals surface area contributed by atoms with Crippen LogP contribution in [-0.2, 0) is 9.59 Å². The highest BCUT2D eigenvalue weighted by molar-refractivity contribution is 5.96. The van der Waals surface area contributed by atoms with Gasteiger partial charge in [-0.1, -0.05) is 18.6 Å². The molecule has 142 valence electrons. The highest BCUT2D eigenvalue weighted by Gasteiger charge is 2.55. The van der Waals surface area contributed by atoms with Crippen LogP contribution >= 0.6 is 12.4 Å². The van der Waals surface area contributed by atoms with Crippen LogP contribution < -0.4 is 5.32 Å². The quantitative estimate of drug-likeness (QED) is 0.596. The molecule has 0 aromatic heterocycles. The zero-order valence-electron chi connectivity index (χ0n) is 14.4. The molecule has 1 amide bonds. The second-order valence-corrected chi connectivity index (χ2v) is 6.92. The molecule has 1 aliphatic carbocycles. The number of hydrogen-bond donors (Lipinski definition) is 2. The minimum Gasteiger partial charge on any atom is -0.481 e. The Morgan fingerprint density at radius 1 is 1.42 bits per heavy atom. The first-order valence-corrected chi connectivity index (χ1v) is 8.37. The lowest BCUT2D eigenvalue weighted by atomic mass is 9.81. The van der Waals surface area contributed by atoms with Crippen molar-refractivity contribution in [1.29, 1.82) is 0 Å². The van der Waals surface area contributed by atoms with E-state index in [2.05, 4.69) is 5.32 Å². The molecule has 1 unspecified atom stereocenters. The van der Waals surface area contributed by atoms with Crippen molar-refractivity contribution in [3.05, 3.63) is 34.4 Å². The van der Waals surface area contributed by atoms with Gasteiger partial charge in [-0.2, -0.15) is 0 Å². The van der Waals surface area contributed by atoms with Gasteiger partial charge in [-0.25, -0.2) is 0 Å². The molecule has 2 aliphatic rings. The Morgan fingerprint density at radius 2 is 2.12 bits per heavy atom. The number of rotatable bonds is 5. The number of hydrogen-bond acceptors (Lipinski definition) is 5. The van der Waals surface area contributed by atoms with Gasteiger partial charge in [0.25, 0.3) is 5.69 Å². The number of aliphatic carboxylic acids is 1. The summed E-state index contributed by atoms with van der Waals surface area (Å²) < 4.78 is 0. The van der Waals surface area contributed by atoms with Crippen molar-refractivity contribution in [2.45, 2.75) is 32.2 Å². The van der Waals surface area contributed by atoms with Gasteiger partial charge in [-0.05, 0) is 31.7 Å². The summed E-state index contributed by atoms with van der Waals surface area (Å²) in [6, 6.07) is 5.42. The second-order valence-electron chi connectivity index (χ2n) is 6.92. The Kier molecular flexibility index (Phi) is 5.87. The van der Waals surface area contributed by atoms with Gasteiger partial charge in [-0.15, -0.1) is 12.4 Å². The van der Waals surface area contributed by atoms with Crippen LogP contribution in [0.2, 0.25) is 0 Å². The number of nitrogens with one attached hydrogen (secondary N) is 1. The highest BCUT2D eigenvalue weighted by Crippen LogP contribution is 2.49. The van der Waals surface area contributed by atoms with Gasteiger partial charge in [-0.3, -0.25) is 24.6 Å². The van der Waals surface area contributed by atoms with Crippen LogP contribution in [0.5, 0.6) is 0 Å². The summed E-state index contributed by atoms with van der Waals surface area (Å²) in [6.07, 6.45) is 2.41. The summed E-state index contributed by atoms with van der Waals surface area (Å²) in [5.74, 6) is -1.09. The fourth-order valence-electron chi connectivity index (χ4n) is 4.11. The molecule has 3 atom stereocenters. The molecule has 9 heteroatoms. The number of carbonyl (C=O) groups excluding carboxylic acids is 1. The maximum atomic E-state index is 12.5. The minimum atomic E-state index is -0.788. The average molecular weight is 384 g/mol. The normalized spacial score (nSPS) is 25.8. The summed E-state index contributed by atoms with van der Waals surface area (Å²) in [5.41, 5.74) is -0.771. The first-order valence-electron chi connectivity index (χ1n) is 8.37. The van der Waals surface area contributed by atoms with Crippen LogP contribution in [0.1, 0.15) is 26.2 Å². The molecule has 2 fully saturated rings. The predicted molar refractivity (Wildman–Crippen MR) is 97.4 cm³/mol. The molecular formula is C17H22ClN3O5. The lowest BCUT2D eigenvalue weighted by Crippen LogP contribution is -2.43. The van der Waals surface area contributed by atoms with Gasteiger partial charge in [0.1, 0.15) is 5.69 Å². The number of nitrogens with zero attached hydrogens (tertiary/aromatic N) is 2. The number of carbonyl (C=O) groups is 2. The minimum absolute atomic E-state index is 0. The Balaban J connectivity index is 0.00000243. The highest BCUT2D eigenvalue weighted by atomic mass is 35.5.